The zero-order valence-electron chi connectivity index (χ0n) is 12.9. The molecule has 7 heteroatoms. The smallest absolute Gasteiger partial charge is 0.257 e. The molecule has 122 valence electrons. The molecule has 0 fully saturated rings. The molecule has 0 unspecified atom stereocenters. The van der Waals surface area contributed by atoms with Gasteiger partial charge in [0.25, 0.3) is 5.91 Å². The summed E-state index contributed by atoms with van der Waals surface area (Å²) < 4.78 is 29.5. The third-order valence-electron chi connectivity index (χ3n) is 3.14. The van der Waals surface area contributed by atoms with Gasteiger partial charge in [0.1, 0.15) is 0 Å². The van der Waals surface area contributed by atoms with E-state index in [9.17, 15) is 13.2 Å². The zero-order valence-corrected chi connectivity index (χ0v) is 13.8. The van der Waals surface area contributed by atoms with Crippen molar-refractivity contribution < 1.29 is 17.9 Å². The summed E-state index contributed by atoms with van der Waals surface area (Å²) in [7, 11) is -1.99. The Hall–Kier alpha value is -2.41. The fourth-order valence-electron chi connectivity index (χ4n) is 2.08. The molecule has 1 amide bonds. The van der Waals surface area contributed by atoms with Gasteiger partial charge >= 0.3 is 0 Å². The predicted octanol–water partition coefficient (Wildman–Crippen LogP) is 2.53. The lowest BCUT2D eigenvalue weighted by atomic mass is 10.2. The van der Waals surface area contributed by atoms with Gasteiger partial charge in [-0.1, -0.05) is 19.1 Å². The van der Waals surface area contributed by atoms with E-state index in [1.807, 2.05) is 0 Å². The number of benzene rings is 1. The van der Waals surface area contributed by atoms with E-state index in [0.29, 0.717) is 18.0 Å². The van der Waals surface area contributed by atoms with Crippen molar-refractivity contribution in [3.05, 3.63) is 48.2 Å². The van der Waals surface area contributed by atoms with Crippen LogP contribution in [0.25, 0.3) is 0 Å². The Kier molecular flexibility index (Phi) is 5.33. The summed E-state index contributed by atoms with van der Waals surface area (Å²) in [5, 5.41) is 2.64. The minimum atomic E-state index is -3.49. The van der Waals surface area contributed by atoms with Crippen molar-refractivity contribution in [3.63, 3.8) is 0 Å². The van der Waals surface area contributed by atoms with Crippen LogP contribution >= 0.6 is 0 Å². The van der Waals surface area contributed by atoms with Crippen LogP contribution in [0.15, 0.2) is 47.5 Å². The van der Waals surface area contributed by atoms with Gasteiger partial charge in [-0.05, 0) is 24.6 Å². The maximum absolute atomic E-state index is 12.4. The highest BCUT2D eigenvalue weighted by atomic mass is 32.2. The van der Waals surface area contributed by atoms with Crippen LogP contribution < -0.4 is 10.1 Å². The quantitative estimate of drug-likeness (QED) is 0.877. The van der Waals surface area contributed by atoms with Crippen molar-refractivity contribution in [2.75, 3.05) is 18.2 Å². The highest BCUT2D eigenvalue weighted by Crippen LogP contribution is 2.20. The van der Waals surface area contributed by atoms with Crippen molar-refractivity contribution in [2.24, 2.45) is 0 Å². The first kappa shape index (κ1) is 17.0. The third-order valence-corrected chi connectivity index (χ3v) is 5.11. The van der Waals surface area contributed by atoms with Crippen LogP contribution in [0, 0.1) is 0 Å². The van der Waals surface area contributed by atoms with Crippen LogP contribution in [-0.4, -0.2) is 32.2 Å². The molecule has 0 saturated carbocycles. The number of ether oxygens (including phenoxy) is 1. The number of anilines is 1. The number of pyridine rings is 1. The van der Waals surface area contributed by atoms with Crippen LogP contribution in [-0.2, 0) is 9.84 Å². The predicted molar refractivity (Wildman–Crippen MR) is 87.5 cm³/mol. The standard InChI is InChI=1S/C16H18N2O4S/c1-3-10-23(20,21)14-7-5-4-6-13(14)16(19)18-12-8-9-15(22-2)17-11-12/h4-9,11H,3,10H2,1-2H3,(H,18,19). The number of nitrogens with one attached hydrogen (secondary N) is 1. The second kappa shape index (κ2) is 7.23. The molecule has 0 aliphatic carbocycles. The van der Waals surface area contributed by atoms with E-state index in [-0.39, 0.29) is 16.2 Å². The van der Waals surface area contributed by atoms with Gasteiger partial charge in [0.05, 0.1) is 35.2 Å². The van der Waals surface area contributed by atoms with Gasteiger partial charge < -0.3 is 10.1 Å². The molecule has 0 saturated heterocycles. The van der Waals surface area contributed by atoms with E-state index >= 15 is 0 Å². The Bertz CT molecular complexity index is 786. The second-order valence-electron chi connectivity index (χ2n) is 4.86. The molecule has 0 atom stereocenters. The Morgan fingerprint density at radius 1 is 1.22 bits per heavy atom. The maximum Gasteiger partial charge on any atom is 0.257 e. The SMILES string of the molecule is CCCS(=O)(=O)c1ccccc1C(=O)Nc1ccc(OC)nc1. The molecule has 1 heterocycles. The van der Waals surface area contributed by atoms with E-state index in [1.165, 1.54) is 25.4 Å². The number of nitrogens with zero attached hydrogens (tertiary/aromatic N) is 1. The van der Waals surface area contributed by atoms with E-state index in [4.69, 9.17) is 4.74 Å². The Labute approximate surface area is 135 Å². The highest BCUT2D eigenvalue weighted by Gasteiger charge is 2.21. The van der Waals surface area contributed by atoms with Crippen LogP contribution in [0.4, 0.5) is 5.69 Å². The fourth-order valence-corrected chi connectivity index (χ4v) is 3.62. The van der Waals surface area contributed by atoms with Crippen molar-refractivity contribution in [1.29, 1.82) is 0 Å². The first-order chi connectivity index (χ1) is 11.0. The average Bonchev–Trinajstić information content (AvgIpc) is 2.55. The molecule has 1 aromatic carbocycles. The summed E-state index contributed by atoms with van der Waals surface area (Å²) in [5.41, 5.74) is 0.579. The van der Waals surface area contributed by atoms with Crippen LogP contribution in [0.1, 0.15) is 23.7 Å². The molecule has 0 radical (unpaired) electrons. The van der Waals surface area contributed by atoms with Crippen LogP contribution in [0.5, 0.6) is 5.88 Å². The number of sulfone groups is 1. The molecule has 23 heavy (non-hydrogen) atoms. The van der Waals surface area contributed by atoms with Gasteiger partial charge in [0.15, 0.2) is 9.84 Å². The minimum Gasteiger partial charge on any atom is -0.481 e. The average molecular weight is 334 g/mol. The summed E-state index contributed by atoms with van der Waals surface area (Å²) in [6, 6.07) is 9.42. The van der Waals surface area contributed by atoms with E-state index in [2.05, 4.69) is 10.3 Å². The molecule has 0 aliphatic rings. The Morgan fingerprint density at radius 3 is 2.57 bits per heavy atom. The van der Waals surface area contributed by atoms with Gasteiger partial charge in [-0.25, -0.2) is 13.4 Å². The molecular weight excluding hydrogens is 316 g/mol. The lowest BCUT2D eigenvalue weighted by molar-refractivity contribution is 0.102. The highest BCUT2D eigenvalue weighted by molar-refractivity contribution is 7.91. The van der Waals surface area contributed by atoms with Gasteiger partial charge in [-0.15, -0.1) is 0 Å². The topological polar surface area (TPSA) is 85.4 Å². The number of aromatic nitrogens is 1. The lowest BCUT2D eigenvalue weighted by Crippen LogP contribution is -2.17. The van der Waals surface area contributed by atoms with Gasteiger partial charge in [0.2, 0.25) is 5.88 Å². The molecule has 2 aromatic rings. The molecule has 0 bridgehead atoms. The molecule has 0 aliphatic heterocycles. The van der Waals surface area contributed by atoms with Crippen molar-refractivity contribution in [3.8, 4) is 5.88 Å². The third kappa shape index (κ3) is 4.07. The van der Waals surface area contributed by atoms with Crippen LogP contribution in [0.3, 0.4) is 0 Å². The van der Waals surface area contributed by atoms with E-state index in [1.54, 1.807) is 31.2 Å². The number of carbonyl (C=O) groups excluding carboxylic acids is 1. The van der Waals surface area contributed by atoms with E-state index < -0.39 is 15.7 Å². The molecule has 1 N–H and O–H groups in total. The molecule has 0 spiro atoms. The summed E-state index contributed by atoms with van der Waals surface area (Å²) in [6.45, 7) is 1.78. The molecular formula is C16H18N2O4S. The monoisotopic (exact) mass is 334 g/mol. The number of carbonyl (C=O) groups is 1. The molecule has 1 aromatic heterocycles. The largest absolute Gasteiger partial charge is 0.481 e. The number of amides is 1. The van der Waals surface area contributed by atoms with Gasteiger partial charge in [-0.2, -0.15) is 0 Å². The van der Waals surface area contributed by atoms with Crippen molar-refractivity contribution in [2.45, 2.75) is 18.2 Å². The van der Waals surface area contributed by atoms with Gasteiger partial charge in [0, 0.05) is 6.07 Å². The number of rotatable bonds is 6. The second-order valence-corrected chi connectivity index (χ2v) is 6.94. The Balaban J connectivity index is 2.29. The van der Waals surface area contributed by atoms with Gasteiger partial charge in [-0.3, -0.25) is 4.79 Å². The zero-order chi connectivity index (χ0) is 16.9. The Morgan fingerprint density at radius 2 is 1.96 bits per heavy atom. The summed E-state index contributed by atoms with van der Waals surface area (Å²) >= 11 is 0. The van der Waals surface area contributed by atoms with E-state index in [0.717, 1.165) is 0 Å². The number of hydrogen-bond acceptors (Lipinski definition) is 5. The lowest BCUT2D eigenvalue weighted by Gasteiger charge is -2.10. The normalized spacial score (nSPS) is 11.0. The number of methoxy groups -OCH3 is 1. The summed E-state index contributed by atoms with van der Waals surface area (Å²) in [4.78, 5) is 16.4. The summed E-state index contributed by atoms with van der Waals surface area (Å²) in [6.07, 6.45) is 1.93. The number of hydrogen-bond donors (Lipinski definition) is 1. The van der Waals surface area contributed by atoms with Crippen molar-refractivity contribution in [1.82, 2.24) is 4.98 Å². The maximum atomic E-state index is 12.4. The minimum absolute atomic E-state index is 0.00137. The first-order valence-electron chi connectivity index (χ1n) is 7.11. The fraction of sp³-hybridized carbons (Fsp3) is 0.250. The van der Waals surface area contributed by atoms with Crippen LogP contribution in [0.2, 0.25) is 0 Å². The summed E-state index contributed by atoms with van der Waals surface area (Å²) in [5.74, 6) is -0.0670. The molecule has 2 rings (SSSR count). The first-order valence-corrected chi connectivity index (χ1v) is 8.76. The van der Waals surface area contributed by atoms with Crippen molar-refractivity contribution >= 4 is 21.4 Å². The molecule has 6 nitrogen and oxygen atoms in total.